The van der Waals surface area contributed by atoms with E-state index >= 15 is 0 Å². The van der Waals surface area contributed by atoms with Crippen molar-refractivity contribution in [1.82, 2.24) is 0 Å². The van der Waals surface area contributed by atoms with Crippen LogP contribution in [0, 0.1) is 29.1 Å². The molecule has 1 rings (SSSR count). The summed E-state index contributed by atoms with van der Waals surface area (Å²) in [5.74, 6) is -14.3. The molecule has 54 heavy (non-hydrogen) atoms. The molecule has 1 aromatic carbocycles. The fourth-order valence-corrected chi connectivity index (χ4v) is 4.19. The summed E-state index contributed by atoms with van der Waals surface area (Å²) in [6.07, 6.45) is 6.78. The number of rotatable bonds is 38. The van der Waals surface area contributed by atoms with E-state index in [-0.39, 0.29) is 39.0 Å². The standard InChI is InChI=1S/C36H57F5O13/c1-2-3-4-5-6-7-8-29(42)53-28-27-52-26-25-51-24-23-50-22-21-49-20-19-48-18-17-47-16-15-46-14-13-45-12-11-44-10-9-30(43)54-36-34(40)32(38)31(37)33(39)35(36)41/h2-28H2,1H3. The minimum absolute atomic E-state index is 0.0771. The summed E-state index contributed by atoms with van der Waals surface area (Å²) in [5, 5.41) is 0. The van der Waals surface area contributed by atoms with Gasteiger partial charge in [-0.05, 0) is 6.42 Å². The molecule has 0 atom stereocenters. The van der Waals surface area contributed by atoms with Gasteiger partial charge in [-0.25, -0.2) is 13.2 Å². The van der Waals surface area contributed by atoms with Crippen LogP contribution in [0.4, 0.5) is 22.0 Å². The summed E-state index contributed by atoms with van der Waals surface area (Å²) in [7, 11) is 0. The lowest BCUT2D eigenvalue weighted by molar-refractivity contribution is -0.145. The Balaban J connectivity index is 1.74. The zero-order chi connectivity index (χ0) is 39.5. The highest BCUT2D eigenvalue weighted by atomic mass is 19.2. The van der Waals surface area contributed by atoms with Crippen molar-refractivity contribution < 1.29 is 83.6 Å². The van der Waals surface area contributed by atoms with Gasteiger partial charge in [0.1, 0.15) is 6.61 Å². The molecule has 0 aromatic heterocycles. The summed E-state index contributed by atoms with van der Waals surface area (Å²) >= 11 is 0. The van der Waals surface area contributed by atoms with E-state index in [1.807, 2.05) is 0 Å². The molecule has 0 unspecified atom stereocenters. The third-order valence-electron chi connectivity index (χ3n) is 7.04. The molecular formula is C36H57F5O13. The molecule has 0 spiro atoms. The van der Waals surface area contributed by atoms with Crippen molar-refractivity contribution in [1.29, 1.82) is 0 Å². The molecule has 0 N–H and O–H groups in total. The average Bonchev–Trinajstić information content (AvgIpc) is 3.17. The summed E-state index contributed by atoms with van der Waals surface area (Å²) in [4.78, 5) is 23.3. The van der Waals surface area contributed by atoms with Crippen molar-refractivity contribution in [3.63, 3.8) is 0 Å². The molecule has 0 aliphatic heterocycles. The highest BCUT2D eigenvalue weighted by Crippen LogP contribution is 2.29. The predicted octanol–water partition coefficient (Wildman–Crippen LogP) is 5.12. The maximum absolute atomic E-state index is 13.5. The quantitative estimate of drug-likeness (QED) is 0.0219. The third-order valence-corrected chi connectivity index (χ3v) is 7.04. The summed E-state index contributed by atoms with van der Waals surface area (Å²) in [5.41, 5.74) is 0. The van der Waals surface area contributed by atoms with Gasteiger partial charge in [0.2, 0.25) is 34.8 Å². The lowest BCUT2D eigenvalue weighted by atomic mass is 10.1. The maximum atomic E-state index is 13.5. The minimum Gasteiger partial charge on any atom is -0.463 e. The van der Waals surface area contributed by atoms with Gasteiger partial charge in [-0.15, -0.1) is 0 Å². The van der Waals surface area contributed by atoms with Crippen molar-refractivity contribution in [3.8, 4) is 5.75 Å². The van der Waals surface area contributed by atoms with Crippen molar-refractivity contribution in [2.45, 2.75) is 58.3 Å². The number of carbonyl (C=O) groups is 2. The molecule has 18 heteroatoms. The van der Waals surface area contributed by atoms with Crippen molar-refractivity contribution in [3.05, 3.63) is 29.1 Å². The molecule has 0 saturated heterocycles. The van der Waals surface area contributed by atoms with E-state index in [0.717, 1.165) is 12.8 Å². The predicted molar refractivity (Wildman–Crippen MR) is 183 cm³/mol. The van der Waals surface area contributed by atoms with Crippen molar-refractivity contribution >= 4 is 11.9 Å². The number of unbranched alkanes of at least 4 members (excludes halogenated alkanes) is 5. The largest absolute Gasteiger partial charge is 0.463 e. The maximum Gasteiger partial charge on any atom is 0.313 e. The molecule has 0 amide bonds. The first-order valence-electron chi connectivity index (χ1n) is 18.4. The lowest BCUT2D eigenvalue weighted by Crippen LogP contribution is -2.16. The Morgan fingerprint density at radius 2 is 0.685 bits per heavy atom. The van der Waals surface area contributed by atoms with Crippen molar-refractivity contribution in [2.24, 2.45) is 0 Å². The van der Waals surface area contributed by atoms with Gasteiger partial charge in [-0.2, -0.15) is 8.78 Å². The summed E-state index contributed by atoms with van der Waals surface area (Å²) in [6.45, 7) is 8.35. The van der Waals surface area contributed by atoms with Crippen LogP contribution in [0.5, 0.6) is 5.75 Å². The molecule has 0 saturated carbocycles. The normalized spacial score (nSPS) is 11.4. The summed E-state index contributed by atoms with van der Waals surface area (Å²) in [6, 6.07) is 0. The molecule has 0 aliphatic rings. The number of ether oxygens (including phenoxy) is 11. The van der Waals surface area contributed by atoms with Crippen LogP contribution in [0.3, 0.4) is 0 Å². The Morgan fingerprint density at radius 3 is 1.07 bits per heavy atom. The van der Waals surface area contributed by atoms with Gasteiger partial charge < -0.3 is 52.1 Å². The number of esters is 2. The van der Waals surface area contributed by atoms with Crippen LogP contribution in [-0.4, -0.2) is 137 Å². The molecule has 0 radical (unpaired) electrons. The first kappa shape index (κ1) is 49.5. The van der Waals surface area contributed by atoms with Crippen LogP contribution in [0.25, 0.3) is 0 Å². The van der Waals surface area contributed by atoms with Crippen LogP contribution in [-0.2, 0) is 57.0 Å². The number of carbonyl (C=O) groups excluding carboxylic acids is 2. The first-order chi connectivity index (χ1) is 26.3. The van der Waals surface area contributed by atoms with Crippen LogP contribution in [0.15, 0.2) is 0 Å². The second-order valence-electron chi connectivity index (χ2n) is 11.4. The Bertz CT molecular complexity index is 1070. The van der Waals surface area contributed by atoms with E-state index in [1.165, 1.54) is 25.7 Å². The Labute approximate surface area is 314 Å². The molecule has 1 aromatic rings. The van der Waals surface area contributed by atoms with Crippen LogP contribution < -0.4 is 4.74 Å². The SMILES string of the molecule is CCCCCCCCC(=O)OCCOCCOCCOCCOCCOCCOCCOCCOCCOCCC(=O)Oc1c(F)c(F)c(F)c(F)c1F. The number of hydrogen-bond acceptors (Lipinski definition) is 13. The molecular weight excluding hydrogens is 735 g/mol. The Kier molecular flexibility index (Phi) is 32.0. The van der Waals surface area contributed by atoms with E-state index in [4.69, 9.17) is 47.4 Å². The van der Waals surface area contributed by atoms with Crippen LogP contribution in [0.2, 0.25) is 0 Å². The topological polar surface area (TPSA) is 136 Å². The average molecular weight is 793 g/mol. The zero-order valence-corrected chi connectivity index (χ0v) is 31.3. The molecule has 0 heterocycles. The van der Waals surface area contributed by atoms with Gasteiger partial charge >= 0.3 is 11.9 Å². The van der Waals surface area contributed by atoms with Gasteiger partial charge in [0.05, 0.1) is 125 Å². The molecule has 0 bridgehead atoms. The third kappa shape index (κ3) is 26.3. The zero-order valence-electron chi connectivity index (χ0n) is 31.3. The number of benzene rings is 1. The molecule has 314 valence electrons. The number of hydrogen-bond donors (Lipinski definition) is 0. The van der Waals surface area contributed by atoms with Gasteiger partial charge in [0.25, 0.3) is 0 Å². The van der Waals surface area contributed by atoms with E-state index in [0.29, 0.717) is 98.9 Å². The second-order valence-corrected chi connectivity index (χ2v) is 11.4. The fraction of sp³-hybridized carbons (Fsp3) is 0.778. The first-order valence-corrected chi connectivity index (χ1v) is 18.4. The Morgan fingerprint density at radius 1 is 0.370 bits per heavy atom. The minimum atomic E-state index is -2.35. The van der Waals surface area contributed by atoms with Gasteiger partial charge in [0, 0.05) is 6.42 Å². The Hall–Kier alpha value is -2.55. The van der Waals surface area contributed by atoms with Gasteiger partial charge in [-0.3, -0.25) is 9.59 Å². The highest BCUT2D eigenvalue weighted by Gasteiger charge is 2.28. The van der Waals surface area contributed by atoms with Gasteiger partial charge in [0.15, 0.2) is 0 Å². The molecule has 13 nitrogen and oxygen atoms in total. The van der Waals surface area contributed by atoms with E-state index in [1.54, 1.807) is 0 Å². The summed E-state index contributed by atoms with van der Waals surface area (Å²) < 4.78 is 124. The van der Waals surface area contributed by atoms with Crippen LogP contribution in [0.1, 0.15) is 58.3 Å². The smallest absolute Gasteiger partial charge is 0.313 e. The van der Waals surface area contributed by atoms with Crippen molar-refractivity contribution in [2.75, 3.05) is 126 Å². The second kappa shape index (κ2) is 34.9. The van der Waals surface area contributed by atoms with E-state index < -0.39 is 47.2 Å². The van der Waals surface area contributed by atoms with Gasteiger partial charge in [-0.1, -0.05) is 39.0 Å². The number of halogens is 5. The fourth-order valence-electron chi connectivity index (χ4n) is 4.19. The van der Waals surface area contributed by atoms with E-state index in [2.05, 4.69) is 11.7 Å². The van der Waals surface area contributed by atoms with Crippen LogP contribution >= 0.6 is 0 Å². The molecule has 0 fully saturated rings. The monoisotopic (exact) mass is 792 g/mol. The highest BCUT2D eigenvalue weighted by molar-refractivity contribution is 5.72. The lowest BCUT2D eigenvalue weighted by Gasteiger charge is -2.09. The molecule has 0 aliphatic carbocycles. The van der Waals surface area contributed by atoms with E-state index in [9.17, 15) is 31.5 Å².